The number of terminal acetylenes is 1. The average molecular weight is 353 g/mol. The van der Waals surface area contributed by atoms with Gasteiger partial charge >= 0.3 is 0 Å². The summed E-state index contributed by atoms with van der Waals surface area (Å²) >= 11 is 0. The van der Waals surface area contributed by atoms with Crippen LogP contribution in [0.25, 0.3) is 0 Å². The molecule has 0 bridgehead atoms. The SMILES string of the molecule is C#CC(CC1CCCNC1)Oc1ccc([C@H]2CC[C@H]3CCCCN32)cc1. The molecule has 3 fully saturated rings. The number of rotatable bonds is 5. The molecule has 4 rings (SSSR count). The number of nitrogens with one attached hydrogen (secondary N) is 1. The molecule has 0 amide bonds. The van der Waals surface area contributed by atoms with Crippen LogP contribution in [0.5, 0.6) is 5.75 Å². The summed E-state index contributed by atoms with van der Waals surface area (Å²) in [6, 6.07) is 10.2. The summed E-state index contributed by atoms with van der Waals surface area (Å²) < 4.78 is 6.11. The normalized spacial score (nSPS) is 30.3. The molecule has 2 unspecified atom stereocenters. The van der Waals surface area contributed by atoms with Gasteiger partial charge in [-0.1, -0.05) is 24.5 Å². The topological polar surface area (TPSA) is 24.5 Å². The molecule has 26 heavy (non-hydrogen) atoms. The molecule has 3 nitrogen and oxygen atoms in total. The Morgan fingerprint density at radius 3 is 2.77 bits per heavy atom. The summed E-state index contributed by atoms with van der Waals surface area (Å²) in [6.45, 7) is 3.47. The predicted octanol–water partition coefficient (Wildman–Crippen LogP) is 4.15. The van der Waals surface area contributed by atoms with Gasteiger partial charge in [-0.15, -0.1) is 6.42 Å². The summed E-state index contributed by atoms with van der Waals surface area (Å²) in [5.41, 5.74) is 1.44. The standard InChI is InChI=1S/C23H32N2O/c1-2-21(16-18-6-5-14-24-17-18)26-22-11-8-19(9-12-22)23-13-10-20-7-3-4-15-25(20)23/h1,8-9,11-12,18,20-21,23-24H,3-7,10,13-17H2/t18?,20-,21?,23-/m1/s1. The zero-order valence-corrected chi connectivity index (χ0v) is 15.8. The Kier molecular flexibility index (Phi) is 5.82. The lowest BCUT2D eigenvalue weighted by Gasteiger charge is -2.34. The highest BCUT2D eigenvalue weighted by Gasteiger charge is 2.35. The van der Waals surface area contributed by atoms with Gasteiger partial charge in [-0.2, -0.15) is 0 Å². The largest absolute Gasteiger partial charge is 0.478 e. The quantitative estimate of drug-likeness (QED) is 0.806. The van der Waals surface area contributed by atoms with E-state index in [1.807, 2.05) is 0 Å². The molecule has 140 valence electrons. The number of piperidine rings is 2. The van der Waals surface area contributed by atoms with Crippen molar-refractivity contribution in [2.45, 2.75) is 69.6 Å². The molecule has 1 aromatic carbocycles. The van der Waals surface area contributed by atoms with Gasteiger partial charge in [0.05, 0.1) is 0 Å². The van der Waals surface area contributed by atoms with Gasteiger partial charge in [-0.3, -0.25) is 4.90 Å². The van der Waals surface area contributed by atoms with Crippen LogP contribution >= 0.6 is 0 Å². The second-order valence-corrected chi connectivity index (χ2v) is 8.27. The van der Waals surface area contributed by atoms with Crippen LogP contribution in [-0.4, -0.2) is 36.7 Å². The fourth-order valence-corrected chi connectivity index (χ4v) is 5.13. The Balaban J connectivity index is 1.35. The summed E-state index contributed by atoms with van der Waals surface area (Å²) in [6.07, 6.45) is 15.9. The Morgan fingerprint density at radius 1 is 1.12 bits per heavy atom. The van der Waals surface area contributed by atoms with Crippen molar-refractivity contribution >= 4 is 0 Å². The maximum atomic E-state index is 6.11. The Morgan fingerprint density at radius 2 is 2.00 bits per heavy atom. The highest BCUT2D eigenvalue weighted by Crippen LogP contribution is 2.40. The van der Waals surface area contributed by atoms with E-state index in [-0.39, 0.29) is 6.10 Å². The summed E-state index contributed by atoms with van der Waals surface area (Å²) in [5.74, 6) is 4.39. The smallest absolute Gasteiger partial charge is 0.159 e. The fraction of sp³-hybridized carbons (Fsp3) is 0.652. The van der Waals surface area contributed by atoms with E-state index in [0.29, 0.717) is 12.0 Å². The van der Waals surface area contributed by atoms with Crippen LogP contribution in [0.15, 0.2) is 24.3 Å². The molecule has 3 aliphatic rings. The molecule has 1 aromatic rings. The van der Waals surface area contributed by atoms with E-state index in [2.05, 4.69) is 40.4 Å². The Bertz CT molecular complexity index is 614. The fourth-order valence-electron chi connectivity index (χ4n) is 5.13. The first-order valence-electron chi connectivity index (χ1n) is 10.5. The van der Waals surface area contributed by atoms with Gasteiger partial charge in [0.1, 0.15) is 5.75 Å². The monoisotopic (exact) mass is 352 g/mol. The minimum absolute atomic E-state index is 0.122. The summed E-state index contributed by atoms with van der Waals surface area (Å²) in [7, 11) is 0. The van der Waals surface area contributed by atoms with Crippen LogP contribution in [0.3, 0.4) is 0 Å². The maximum absolute atomic E-state index is 6.11. The van der Waals surface area contributed by atoms with Gasteiger partial charge in [0.25, 0.3) is 0 Å². The first kappa shape index (κ1) is 17.9. The minimum Gasteiger partial charge on any atom is -0.478 e. The third-order valence-corrected chi connectivity index (χ3v) is 6.52. The third-order valence-electron chi connectivity index (χ3n) is 6.52. The van der Waals surface area contributed by atoms with Gasteiger partial charge in [-0.05, 0) is 88.2 Å². The first-order chi connectivity index (χ1) is 12.8. The summed E-state index contributed by atoms with van der Waals surface area (Å²) in [4.78, 5) is 2.74. The molecule has 0 aliphatic carbocycles. The second-order valence-electron chi connectivity index (χ2n) is 8.27. The van der Waals surface area contributed by atoms with Crippen molar-refractivity contribution in [3.8, 4) is 18.1 Å². The third kappa shape index (κ3) is 4.08. The van der Waals surface area contributed by atoms with Crippen LogP contribution in [0.4, 0.5) is 0 Å². The Hall–Kier alpha value is -1.50. The van der Waals surface area contributed by atoms with Crippen molar-refractivity contribution in [3.63, 3.8) is 0 Å². The molecule has 1 N–H and O–H groups in total. The van der Waals surface area contributed by atoms with Crippen LogP contribution in [0.2, 0.25) is 0 Å². The van der Waals surface area contributed by atoms with Gasteiger partial charge in [0.2, 0.25) is 0 Å². The highest BCUT2D eigenvalue weighted by atomic mass is 16.5. The second kappa shape index (κ2) is 8.46. The Labute approximate surface area is 158 Å². The zero-order chi connectivity index (χ0) is 17.8. The average Bonchev–Trinajstić information content (AvgIpc) is 3.13. The van der Waals surface area contributed by atoms with Crippen molar-refractivity contribution in [1.29, 1.82) is 0 Å². The first-order valence-corrected chi connectivity index (χ1v) is 10.5. The van der Waals surface area contributed by atoms with Gasteiger partial charge in [0.15, 0.2) is 6.10 Å². The molecule has 0 radical (unpaired) electrons. The van der Waals surface area contributed by atoms with E-state index < -0.39 is 0 Å². The number of ether oxygens (including phenoxy) is 1. The predicted molar refractivity (Wildman–Crippen MR) is 106 cm³/mol. The van der Waals surface area contributed by atoms with Crippen molar-refractivity contribution in [3.05, 3.63) is 29.8 Å². The highest BCUT2D eigenvalue weighted by molar-refractivity contribution is 5.30. The van der Waals surface area contributed by atoms with E-state index >= 15 is 0 Å². The van der Waals surface area contributed by atoms with E-state index in [4.69, 9.17) is 11.2 Å². The number of nitrogens with zero attached hydrogens (tertiary/aromatic N) is 1. The number of benzene rings is 1. The molecule has 3 heterocycles. The van der Waals surface area contributed by atoms with Crippen LogP contribution in [-0.2, 0) is 0 Å². The number of hydrogen-bond acceptors (Lipinski definition) is 3. The van der Waals surface area contributed by atoms with Crippen molar-refractivity contribution in [1.82, 2.24) is 10.2 Å². The van der Waals surface area contributed by atoms with E-state index in [1.54, 1.807) is 0 Å². The molecule has 3 aliphatic heterocycles. The molecular formula is C23H32N2O. The van der Waals surface area contributed by atoms with Crippen molar-refractivity contribution in [2.24, 2.45) is 5.92 Å². The van der Waals surface area contributed by atoms with Crippen molar-refractivity contribution < 1.29 is 4.74 Å². The minimum atomic E-state index is -0.122. The maximum Gasteiger partial charge on any atom is 0.159 e. The van der Waals surface area contributed by atoms with Gasteiger partial charge in [-0.25, -0.2) is 0 Å². The van der Waals surface area contributed by atoms with E-state index in [0.717, 1.165) is 31.3 Å². The molecule has 4 atom stereocenters. The molecular weight excluding hydrogens is 320 g/mol. The van der Waals surface area contributed by atoms with Crippen LogP contribution in [0.1, 0.15) is 63.0 Å². The zero-order valence-electron chi connectivity index (χ0n) is 15.8. The number of fused-ring (bicyclic) bond motifs is 1. The number of hydrogen-bond donors (Lipinski definition) is 1. The molecule has 0 spiro atoms. The molecule has 3 heteroatoms. The van der Waals surface area contributed by atoms with Crippen LogP contribution in [0, 0.1) is 18.3 Å². The molecule has 0 saturated carbocycles. The van der Waals surface area contributed by atoms with Crippen molar-refractivity contribution in [2.75, 3.05) is 19.6 Å². The van der Waals surface area contributed by atoms with Gasteiger partial charge < -0.3 is 10.1 Å². The summed E-state index contributed by atoms with van der Waals surface area (Å²) in [5, 5.41) is 3.46. The molecule has 3 saturated heterocycles. The van der Waals surface area contributed by atoms with E-state index in [1.165, 1.54) is 57.1 Å². The lowest BCUT2D eigenvalue weighted by molar-refractivity contribution is 0.150. The van der Waals surface area contributed by atoms with Crippen LogP contribution < -0.4 is 10.1 Å². The van der Waals surface area contributed by atoms with Gasteiger partial charge in [0, 0.05) is 12.1 Å². The lowest BCUT2D eigenvalue weighted by Crippen LogP contribution is -2.35. The van der Waals surface area contributed by atoms with E-state index in [9.17, 15) is 0 Å². The molecule has 0 aromatic heterocycles. The lowest BCUT2D eigenvalue weighted by atomic mass is 9.93.